The van der Waals surface area contributed by atoms with E-state index in [2.05, 4.69) is 59.2 Å². The highest BCUT2D eigenvalue weighted by atomic mass is 16.3. The SMILES string of the molecule is CC#CCC1C[C@@H]2C(=C3CCC(N=O)C=C31)[C@@H](c1ccc(N3CCCCC3)cc1)C[C@]1(C)[C@@H](C(C)=O)CC[C@@H]21. The quantitative estimate of drug-likeness (QED) is 0.290. The summed E-state index contributed by atoms with van der Waals surface area (Å²) in [4.78, 5) is 27.1. The van der Waals surface area contributed by atoms with E-state index in [1.54, 1.807) is 5.57 Å². The highest BCUT2D eigenvalue weighted by Gasteiger charge is 2.58. The number of carbonyl (C=O) groups excluding carboxylic acids is 1. The predicted octanol–water partition coefficient (Wildman–Crippen LogP) is 7.99. The molecule has 0 bridgehead atoms. The van der Waals surface area contributed by atoms with E-state index in [0.717, 1.165) is 58.0 Å². The minimum absolute atomic E-state index is 0.0283. The van der Waals surface area contributed by atoms with Gasteiger partial charge in [0.2, 0.25) is 0 Å². The monoisotopic (exact) mass is 524 g/mol. The van der Waals surface area contributed by atoms with Gasteiger partial charge in [-0.25, -0.2) is 0 Å². The van der Waals surface area contributed by atoms with E-state index in [-0.39, 0.29) is 17.4 Å². The lowest BCUT2D eigenvalue weighted by molar-refractivity contribution is -0.125. The van der Waals surface area contributed by atoms with Crippen LogP contribution >= 0.6 is 0 Å². The second kappa shape index (κ2) is 10.7. The van der Waals surface area contributed by atoms with Crippen molar-refractivity contribution in [3.63, 3.8) is 0 Å². The zero-order chi connectivity index (χ0) is 27.1. The minimum Gasteiger partial charge on any atom is -0.372 e. The van der Waals surface area contributed by atoms with Gasteiger partial charge in [0.15, 0.2) is 0 Å². The van der Waals surface area contributed by atoms with Crippen molar-refractivity contribution in [2.45, 2.75) is 96.9 Å². The lowest BCUT2D eigenvalue weighted by Gasteiger charge is -2.54. The summed E-state index contributed by atoms with van der Waals surface area (Å²) in [5.74, 6) is 8.73. The van der Waals surface area contributed by atoms with Crippen LogP contribution in [0.15, 0.2) is 52.2 Å². The molecule has 206 valence electrons. The number of Topliss-reactive ketones (excluding diaryl/α,β-unsaturated/α-hetero) is 1. The maximum atomic E-state index is 12.9. The number of nitroso groups, excluding NO2 is 1. The molecule has 7 atom stereocenters. The summed E-state index contributed by atoms with van der Waals surface area (Å²) >= 11 is 0. The molecule has 1 aromatic carbocycles. The Labute approximate surface area is 234 Å². The van der Waals surface area contributed by atoms with E-state index < -0.39 is 0 Å². The zero-order valence-electron chi connectivity index (χ0n) is 24.0. The first kappa shape index (κ1) is 26.5. The van der Waals surface area contributed by atoms with Crippen molar-refractivity contribution >= 4 is 11.5 Å². The van der Waals surface area contributed by atoms with Gasteiger partial charge >= 0.3 is 0 Å². The molecule has 2 saturated carbocycles. The maximum absolute atomic E-state index is 12.9. The van der Waals surface area contributed by atoms with Gasteiger partial charge in [-0.05, 0) is 124 Å². The van der Waals surface area contributed by atoms with Gasteiger partial charge in [0.25, 0.3) is 0 Å². The lowest BCUT2D eigenvalue weighted by atomic mass is 9.50. The Morgan fingerprint density at radius 1 is 1.10 bits per heavy atom. The summed E-state index contributed by atoms with van der Waals surface area (Å²) in [5, 5.41) is 3.45. The van der Waals surface area contributed by atoms with E-state index in [0.29, 0.717) is 29.5 Å². The van der Waals surface area contributed by atoms with Crippen molar-refractivity contribution in [3.05, 3.63) is 57.5 Å². The average molecular weight is 525 g/mol. The Balaban J connectivity index is 1.46. The van der Waals surface area contributed by atoms with Gasteiger partial charge in [0, 0.05) is 37.0 Å². The number of carbonyl (C=O) groups is 1. The molecule has 2 unspecified atom stereocenters. The fourth-order valence-corrected chi connectivity index (χ4v) is 9.46. The molecular weight excluding hydrogens is 480 g/mol. The number of ketones is 1. The van der Waals surface area contributed by atoms with Crippen LogP contribution < -0.4 is 4.90 Å². The third-order valence-corrected chi connectivity index (χ3v) is 11.2. The molecule has 0 amide bonds. The summed E-state index contributed by atoms with van der Waals surface area (Å²) in [6, 6.07) is 9.24. The lowest BCUT2D eigenvalue weighted by Crippen LogP contribution is -2.45. The Hall–Kier alpha value is -2.67. The predicted molar refractivity (Wildman–Crippen MR) is 158 cm³/mol. The van der Waals surface area contributed by atoms with Crippen LogP contribution in [-0.4, -0.2) is 24.9 Å². The third kappa shape index (κ3) is 4.60. The van der Waals surface area contributed by atoms with E-state index in [1.807, 2.05) is 13.8 Å². The molecule has 0 aromatic heterocycles. The summed E-state index contributed by atoms with van der Waals surface area (Å²) in [6.45, 7) is 8.49. The Morgan fingerprint density at radius 2 is 1.87 bits per heavy atom. The van der Waals surface area contributed by atoms with Gasteiger partial charge in [-0.1, -0.05) is 35.9 Å². The molecule has 4 aliphatic carbocycles. The van der Waals surface area contributed by atoms with Gasteiger partial charge in [0.1, 0.15) is 11.8 Å². The van der Waals surface area contributed by atoms with Crippen molar-refractivity contribution in [1.29, 1.82) is 0 Å². The topological polar surface area (TPSA) is 49.7 Å². The van der Waals surface area contributed by atoms with Crippen LogP contribution in [0, 0.1) is 45.8 Å². The molecule has 39 heavy (non-hydrogen) atoms. The Kier molecular flexibility index (Phi) is 7.30. The normalized spacial score (nSPS) is 35.7. The number of hydrogen-bond donors (Lipinski definition) is 0. The second-order valence-corrected chi connectivity index (χ2v) is 13.2. The van der Waals surface area contributed by atoms with Crippen LogP contribution in [0.4, 0.5) is 5.69 Å². The van der Waals surface area contributed by atoms with Crippen LogP contribution in [0.2, 0.25) is 0 Å². The number of rotatable bonds is 5. The molecule has 4 nitrogen and oxygen atoms in total. The fraction of sp³-hybridized carbons (Fsp3) is 0.629. The highest BCUT2D eigenvalue weighted by molar-refractivity contribution is 5.79. The van der Waals surface area contributed by atoms with Gasteiger partial charge in [-0.2, -0.15) is 4.91 Å². The number of anilines is 1. The third-order valence-electron chi connectivity index (χ3n) is 11.2. The molecule has 4 heteroatoms. The zero-order valence-corrected chi connectivity index (χ0v) is 24.0. The molecule has 1 saturated heterocycles. The molecule has 3 fully saturated rings. The second-order valence-electron chi connectivity index (χ2n) is 13.2. The number of benzene rings is 1. The largest absolute Gasteiger partial charge is 0.372 e. The van der Waals surface area contributed by atoms with Crippen molar-refractivity contribution in [2.75, 3.05) is 18.0 Å². The molecule has 6 rings (SSSR count). The standard InChI is InChI=1S/C35H44N2O2/c1-4-5-9-25-20-30-33-17-16-32(23(2)38)35(33,3)22-31(34(30)28-15-12-26(36-39)21-29(25)28)24-10-13-27(14-11-24)37-18-7-6-8-19-37/h10-11,13-14,21,25-26,30-33H,6-9,12,15-20,22H2,1-3H3/t25?,26?,30-,31+,32+,33-,35+/m0/s1. The molecule has 0 spiro atoms. The number of piperidine rings is 1. The van der Waals surface area contributed by atoms with Crippen LogP contribution in [0.5, 0.6) is 0 Å². The molecular formula is C35H44N2O2. The van der Waals surface area contributed by atoms with Gasteiger partial charge in [0.05, 0.1) is 0 Å². The Bertz CT molecular complexity index is 1240. The highest BCUT2D eigenvalue weighted by Crippen LogP contribution is 2.66. The smallest absolute Gasteiger partial charge is 0.133 e. The van der Waals surface area contributed by atoms with Crippen LogP contribution in [0.1, 0.15) is 96.5 Å². The van der Waals surface area contributed by atoms with E-state index in [4.69, 9.17) is 0 Å². The first-order chi connectivity index (χ1) is 18.9. The van der Waals surface area contributed by atoms with Crippen molar-refractivity contribution < 1.29 is 4.79 Å². The van der Waals surface area contributed by atoms with Crippen LogP contribution in [0.25, 0.3) is 0 Å². The summed E-state index contributed by atoms with van der Waals surface area (Å²) < 4.78 is 0. The number of hydrogen-bond acceptors (Lipinski definition) is 4. The minimum atomic E-state index is -0.220. The fourth-order valence-electron chi connectivity index (χ4n) is 9.46. The summed E-state index contributed by atoms with van der Waals surface area (Å²) in [6.07, 6.45) is 13.0. The van der Waals surface area contributed by atoms with Crippen LogP contribution in [0.3, 0.4) is 0 Å². The Morgan fingerprint density at radius 3 is 2.56 bits per heavy atom. The van der Waals surface area contributed by atoms with Crippen molar-refractivity contribution in [2.24, 2.45) is 34.3 Å². The summed E-state index contributed by atoms with van der Waals surface area (Å²) in [7, 11) is 0. The van der Waals surface area contributed by atoms with E-state index >= 15 is 0 Å². The molecule has 0 radical (unpaired) electrons. The first-order valence-electron chi connectivity index (χ1n) is 15.5. The molecule has 1 aliphatic heterocycles. The van der Waals surface area contributed by atoms with E-state index in [1.165, 1.54) is 41.7 Å². The number of nitrogens with zero attached hydrogens (tertiary/aromatic N) is 2. The van der Waals surface area contributed by atoms with Crippen LogP contribution in [-0.2, 0) is 4.79 Å². The molecule has 0 N–H and O–H groups in total. The van der Waals surface area contributed by atoms with E-state index in [9.17, 15) is 9.70 Å². The average Bonchev–Trinajstić information content (AvgIpc) is 3.33. The summed E-state index contributed by atoms with van der Waals surface area (Å²) in [5.41, 5.74) is 7.27. The maximum Gasteiger partial charge on any atom is 0.133 e. The number of fused-ring (bicyclic) bond motifs is 4. The van der Waals surface area contributed by atoms with Crippen molar-refractivity contribution in [3.8, 4) is 11.8 Å². The number of allylic oxidation sites excluding steroid dienone is 3. The van der Waals surface area contributed by atoms with Crippen molar-refractivity contribution in [1.82, 2.24) is 0 Å². The van der Waals surface area contributed by atoms with Gasteiger partial charge in [-0.15, -0.1) is 11.8 Å². The molecule has 1 aromatic rings. The van der Waals surface area contributed by atoms with Gasteiger partial charge < -0.3 is 4.90 Å². The molecule has 5 aliphatic rings. The molecule has 1 heterocycles. The first-order valence-corrected chi connectivity index (χ1v) is 15.5. The van der Waals surface area contributed by atoms with Gasteiger partial charge in [-0.3, -0.25) is 4.79 Å².